The van der Waals surface area contributed by atoms with Crippen LogP contribution in [0.4, 0.5) is 0 Å². The third kappa shape index (κ3) is 1.86. The Morgan fingerprint density at radius 2 is 2.06 bits per heavy atom. The zero-order valence-electron chi connectivity index (χ0n) is 8.42. The molecule has 1 aromatic heterocycles. The average molecular weight is 271 g/mol. The highest BCUT2D eigenvalue weighted by molar-refractivity contribution is 7.80. The lowest BCUT2D eigenvalue weighted by Crippen LogP contribution is -2.10. The molecule has 2 N–H and O–H groups in total. The number of rotatable bonds is 1. The molecule has 0 aliphatic rings. The Morgan fingerprint density at radius 3 is 2.69 bits per heavy atom. The normalized spacial score (nSPS) is 10.7. The van der Waals surface area contributed by atoms with Gasteiger partial charge >= 0.3 is 0 Å². The van der Waals surface area contributed by atoms with E-state index in [0.717, 1.165) is 16.6 Å². The minimum absolute atomic E-state index is 0.328. The van der Waals surface area contributed by atoms with Gasteiger partial charge in [-0.2, -0.15) is 0 Å². The first-order chi connectivity index (χ1) is 7.50. The van der Waals surface area contributed by atoms with Crippen molar-refractivity contribution >= 4 is 51.3 Å². The molecule has 2 aromatic rings. The van der Waals surface area contributed by atoms with Crippen LogP contribution in [0.2, 0.25) is 10.0 Å². The van der Waals surface area contributed by atoms with E-state index in [4.69, 9.17) is 41.2 Å². The number of aromatic nitrogens is 1. The largest absolute Gasteiger partial charge is 0.389 e. The van der Waals surface area contributed by atoms with Gasteiger partial charge in [-0.3, -0.25) is 4.98 Å². The Bertz CT molecular complexity index is 596. The van der Waals surface area contributed by atoms with Gasteiger partial charge in [-0.1, -0.05) is 41.5 Å². The summed E-state index contributed by atoms with van der Waals surface area (Å²) in [7, 11) is 0. The van der Waals surface area contributed by atoms with Crippen LogP contribution >= 0.6 is 35.4 Å². The molecule has 0 fully saturated rings. The molecule has 16 heavy (non-hydrogen) atoms. The van der Waals surface area contributed by atoms with Crippen molar-refractivity contribution < 1.29 is 0 Å². The third-order valence-corrected chi connectivity index (χ3v) is 3.28. The molecule has 0 aliphatic carbocycles. The van der Waals surface area contributed by atoms with Gasteiger partial charge in [-0.25, -0.2) is 0 Å². The van der Waals surface area contributed by atoms with Crippen molar-refractivity contribution in [2.24, 2.45) is 5.73 Å². The molecular formula is C11H8Cl2N2S. The first kappa shape index (κ1) is 11.6. The molecule has 0 saturated carbocycles. The summed E-state index contributed by atoms with van der Waals surface area (Å²) in [5, 5.41) is 1.73. The van der Waals surface area contributed by atoms with Crippen molar-refractivity contribution in [3.63, 3.8) is 0 Å². The van der Waals surface area contributed by atoms with E-state index in [1.807, 2.05) is 19.1 Å². The molecule has 0 radical (unpaired) electrons. The van der Waals surface area contributed by atoms with Crippen molar-refractivity contribution in [3.8, 4) is 0 Å². The van der Waals surface area contributed by atoms with Crippen LogP contribution in [0.15, 0.2) is 18.2 Å². The summed E-state index contributed by atoms with van der Waals surface area (Å²) < 4.78 is 0. The van der Waals surface area contributed by atoms with E-state index in [2.05, 4.69) is 4.98 Å². The van der Waals surface area contributed by atoms with Crippen molar-refractivity contribution in [3.05, 3.63) is 39.5 Å². The average Bonchev–Trinajstić information content (AvgIpc) is 2.23. The minimum atomic E-state index is 0.328. The second kappa shape index (κ2) is 4.17. The first-order valence-corrected chi connectivity index (χ1v) is 5.72. The van der Waals surface area contributed by atoms with Gasteiger partial charge in [-0.05, 0) is 19.1 Å². The number of fused-ring (bicyclic) bond motifs is 1. The zero-order chi connectivity index (χ0) is 11.9. The molecule has 5 heteroatoms. The van der Waals surface area contributed by atoms with Crippen LogP contribution in [0.25, 0.3) is 10.9 Å². The monoisotopic (exact) mass is 270 g/mol. The molecular weight excluding hydrogens is 263 g/mol. The van der Waals surface area contributed by atoms with Crippen LogP contribution in [0.5, 0.6) is 0 Å². The number of aryl methyl sites for hydroxylation is 1. The molecule has 2 rings (SSSR count). The number of hydrogen-bond acceptors (Lipinski definition) is 2. The summed E-state index contributed by atoms with van der Waals surface area (Å²) in [4.78, 5) is 4.68. The molecule has 0 unspecified atom stereocenters. The third-order valence-electron chi connectivity index (χ3n) is 2.27. The Morgan fingerprint density at radius 1 is 1.38 bits per heavy atom. The number of thiocarbonyl (C=S) groups is 1. The van der Waals surface area contributed by atoms with Gasteiger partial charge < -0.3 is 5.73 Å². The van der Waals surface area contributed by atoms with E-state index in [-0.39, 0.29) is 0 Å². The molecule has 0 atom stereocenters. The maximum Gasteiger partial charge on any atom is 0.104 e. The number of nitrogens with zero attached hydrogens (tertiary/aromatic N) is 1. The predicted molar refractivity (Wildman–Crippen MR) is 72.4 cm³/mol. The summed E-state index contributed by atoms with van der Waals surface area (Å²) in [6.07, 6.45) is 0. The number of halogens is 2. The highest BCUT2D eigenvalue weighted by Crippen LogP contribution is 2.31. The second-order valence-corrected chi connectivity index (χ2v) is 4.66. The van der Waals surface area contributed by atoms with Crippen LogP contribution in [0, 0.1) is 6.92 Å². The smallest absolute Gasteiger partial charge is 0.104 e. The maximum atomic E-state index is 6.10. The summed E-state index contributed by atoms with van der Waals surface area (Å²) in [5.41, 5.74) is 7.88. The van der Waals surface area contributed by atoms with Crippen LogP contribution in [0.3, 0.4) is 0 Å². The fourth-order valence-electron chi connectivity index (χ4n) is 1.57. The second-order valence-electron chi connectivity index (χ2n) is 3.43. The van der Waals surface area contributed by atoms with E-state index in [9.17, 15) is 0 Å². The summed E-state index contributed by atoms with van der Waals surface area (Å²) in [5.74, 6) is 0. The summed E-state index contributed by atoms with van der Waals surface area (Å²) in [6, 6.07) is 5.38. The Kier molecular flexibility index (Phi) is 3.02. The highest BCUT2D eigenvalue weighted by Gasteiger charge is 2.11. The van der Waals surface area contributed by atoms with E-state index in [0.29, 0.717) is 20.6 Å². The van der Waals surface area contributed by atoms with Gasteiger partial charge in [0.2, 0.25) is 0 Å². The quantitative estimate of drug-likeness (QED) is 0.807. The number of benzene rings is 1. The topological polar surface area (TPSA) is 38.9 Å². The SMILES string of the molecule is Cc1cc(C(N)=S)c2ccc(Cl)c(Cl)c2n1. The lowest BCUT2D eigenvalue weighted by Gasteiger charge is -2.08. The van der Waals surface area contributed by atoms with Gasteiger partial charge in [0.15, 0.2) is 0 Å². The molecule has 0 spiro atoms. The van der Waals surface area contributed by atoms with Gasteiger partial charge in [0.25, 0.3) is 0 Å². The fourth-order valence-corrected chi connectivity index (χ4v) is 2.09. The van der Waals surface area contributed by atoms with E-state index < -0.39 is 0 Å². The number of hydrogen-bond donors (Lipinski definition) is 1. The molecule has 0 aliphatic heterocycles. The number of nitrogens with two attached hydrogens (primary N) is 1. The minimum Gasteiger partial charge on any atom is -0.389 e. The molecule has 0 saturated heterocycles. The lowest BCUT2D eigenvalue weighted by molar-refractivity contribution is 1.25. The molecule has 1 aromatic carbocycles. The van der Waals surface area contributed by atoms with Crippen molar-refractivity contribution in [2.45, 2.75) is 6.92 Å². The molecule has 1 heterocycles. The van der Waals surface area contributed by atoms with Gasteiger partial charge in [0.1, 0.15) is 4.99 Å². The predicted octanol–water partition coefficient (Wildman–Crippen LogP) is 3.48. The van der Waals surface area contributed by atoms with Gasteiger partial charge in [0, 0.05) is 16.6 Å². The van der Waals surface area contributed by atoms with E-state index >= 15 is 0 Å². The maximum absolute atomic E-state index is 6.10. The Balaban J connectivity index is 2.94. The molecule has 0 amide bonds. The van der Waals surface area contributed by atoms with Crippen molar-refractivity contribution in [2.75, 3.05) is 0 Å². The number of pyridine rings is 1. The summed E-state index contributed by atoms with van der Waals surface area (Å²) in [6.45, 7) is 1.86. The van der Waals surface area contributed by atoms with Gasteiger partial charge in [-0.15, -0.1) is 0 Å². The van der Waals surface area contributed by atoms with E-state index in [1.54, 1.807) is 6.07 Å². The van der Waals surface area contributed by atoms with Crippen LogP contribution in [-0.2, 0) is 0 Å². The summed E-state index contributed by atoms with van der Waals surface area (Å²) >= 11 is 17.0. The molecule has 0 bridgehead atoms. The van der Waals surface area contributed by atoms with Gasteiger partial charge in [0.05, 0.1) is 15.6 Å². The Labute approximate surface area is 108 Å². The van der Waals surface area contributed by atoms with Crippen molar-refractivity contribution in [1.82, 2.24) is 4.98 Å². The highest BCUT2D eigenvalue weighted by atomic mass is 35.5. The first-order valence-electron chi connectivity index (χ1n) is 4.56. The molecule has 2 nitrogen and oxygen atoms in total. The van der Waals surface area contributed by atoms with Crippen LogP contribution in [-0.4, -0.2) is 9.97 Å². The van der Waals surface area contributed by atoms with E-state index in [1.165, 1.54) is 0 Å². The van der Waals surface area contributed by atoms with Crippen LogP contribution in [0.1, 0.15) is 11.3 Å². The fraction of sp³-hybridized carbons (Fsp3) is 0.0909. The standard InChI is InChI=1S/C11H8Cl2N2S/c1-5-4-7(11(14)16)6-2-3-8(12)9(13)10(6)15-5/h2-4H,1H3,(H2,14,16). The van der Waals surface area contributed by atoms with Crippen LogP contribution < -0.4 is 5.73 Å². The Hall–Kier alpha value is -0.900. The van der Waals surface area contributed by atoms with Crippen molar-refractivity contribution in [1.29, 1.82) is 0 Å². The zero-order valence-corrected chi connectivity index (χ0v) is 10.7. The molecule has 82 valence electrons. The lowest BCUT2D eigenvalue weighted by atomic mass is 10.1.